The normalized spacial score (nSPS) is 25.7. The third kappa shape index (κ3) is 8.61. The number of sulfonamides is 1. The highest BCUT2D eigenvalue weighted by Gasteiger charge is 2.50. The molecule has 69 heavy (non-hydrogen) atoms. The molecule has 0 radical (unpaired) electrons. The van der Waals surface area contributed by atoms with Crippen molar-refractivity contribution >= 4 is 61.5 Å². The first kappa shape index (κ1) is 45.4. The number of H-pyrrole nitrogens is 1. The zero-order chi connectivity index (χ0) is 47.7. The smallest absolute Gasteiger partial charge is 0.293 e. The van der Waals surface area contributed by atoms with E-state index >= 15 is 0 Å². The standard InChI is InChI=1S/C52H60N8O8S/c1-3-34-7-4-5-8-39(34)42-9-6-22-58(42)37-28-52(29-37)19-23-57(24-20-52)36-10-12-40(43(26-36)59-45-25-35-16-21-53-48(35)55-50(45)68-47-32-67-31-46(47)59)49(61)56-69(65,66)38-11-13-41(44(27-38)60(63)64)54-30-33-14-17-51(2,62)18-15-33/h3-5,7-8,10-13,16,21,25-27,33,37,42,46-47,54,62H,1,6,9,14-15,17-20,22-24,28-32H2,2H3,(H,53,55)(H,56,61)/t33?,42-,46-,47-,51?/m0/s1. The molecule has 4 N–H and O–H groups in total. The number of nitrogens with zero attached hydrogens (tertiary/aromatic N) is 5. The van der Waals surface area contributed by atoms with E-state index in [1.165, 1.54) is 48.9 Å². The van der Waals surface area contributed by atoms with Crippen LogP contribution in [0.4, 0.5) is 28.4 Å². The summed E-state index contributed by atoms with van der Waals surface area (Å²) in [6, 6.07) is 22.3. The Morgan fingerprint density at radius 1 is 1.00 bits per heavy atom. The maximum Gasteiger partial charge on any atom is 0.293 e. The second kappa shape index (κ2) is 17.7. The zero-order valence-corrected chi connectivity index (χ0v) is 39.8. The van der Waals surface area contributed by atoms with Crippen molar-refractivity contribution in [3.63, 3.8) is 0 Å². The van der Waals surface area contributed by atoms with E-state index in [2.05, 4.69) is 55.7 Å². The fourth-order valence-electron chi connectivity index (χ4n) is 12.2. The predicted molar refractivity (Wildman–Crippen MR) is 265 cm³/mol. The van der Waals surface area contributed by atoms with Gasteiger partial charge in [-0.3, -0.25) is 19.8 Å². The Labute approximate surface area is 402 Å². The molecule has 5 aromatic rings. The zero-order valence-electron chi connectivity index (χ0n) is 38.9. The van der Waals surface area contributed by atoms with Gasteiger partial charge in [-0.15, -0.1) is 0 Å². The number of carbonyl (C=O) groups excluding carboxylic acids is 1. The van der Waals surface area contributed by atoms with Gasteiger partial charge in [-0.1, -0.05) is 36.9 Å². The van der Waals surface area contributed by atoms with E-state index in [1.807, 2.05) is 42.2 Å². The molecule has 16 nitrogen and oxygen atoms in total. The first-order valence-electron chi connectivity index (χ1n) is 24.5. The monoisotopic (exact) mass is 956 g/mol. The predicted octanol–water partition coefficient (Wildman–Crippen LogP) is 8.47. The van der Waals surface area contributed by atoms with Gasteiger partial charge in [-0.05, 0) is 143 Å². The first-order chi connectivity index (χ1) is 33.3. The number of likely N-dealkylation sites (tertiary alicyclic amines) is 1. The number of rotatable bonds is 12. The van der Waals surface area contributed by atoms with Crippen LogP contribution in [-0.4, -0.2) is 102 Å². The summed E-state index contributed by atoms with van der Waals surface area (Å²) < 4.78 is 42.9. The number of nitro benzene ring substituents is 1. The molecule has 6 aliphatic rings. The number of carbonyl (C=O) groups is 1. The van der Waals surface area contributed by atoms with Gasteiger partial charge in [0.05, 0.1) is 45.9 Å². The Morgan fingerprint density at radius 2 is 1.80 bits per heavy atom. The van der Waals surface area contributed by atoms with Crippen molar-refractivity contribution in [3.05, 3.63) is 112 Å². The molecular weight excluding hydrogens is 897 g/mol. The van der Waals surface area contributed by atoms with Crippen molar-refractivity contribution in [2.45, 2.75) is 106 Å². The Bertz CT molecular complexity index is 2910. The highest BCUT2D eigenvalue weighted by molar-refractivity contribution is 7.90. The number of aromatic amines is 1. The largest absolute Gasteiger partial charge is 0.468 e. The summed E-state index contributed by atoms with van der Waals surface area (Å²) in [5.74, 6) is -0.322. The first-order valence-corrected chi connectivity index (χ1v) is 26.0. The molecule has 2 aliphatic carbocycles. The molecule has 4 aliphatic heterocycles. The molecule has 17 heteroatoms. The second-order valence-electron chi connectivity index (χ2n) is 20.5. The number of benzene rings is 3. The van der Waals surface area contributed by atoms with E-state index in [-0.39, 0.29) is 28.6 Å². The Balaban J connectivity index is 0.859. The molecule has 1 amide bonds. The molecule has 362 valence electrons. The minimum atomic E-state index is -4.61. The molecule has 1 spiro atoms. The summed E-state index contributed by atoms with van der Waals surface area (Å²) in [6.45, 7) is 9.74. The number of nitro groups is 1. The molecule has 2 aromatic heterocycles. The lowest BCUT2D eigenvalue weighted by molar-refractivity contribution is -0.384. The summed E-state index contributed by atoms with van der Waals surface area (Å²) in [5.41, 5.74) is 4.66. The molecule has 0 bridgehead atoms. The molecule has 11 rings (SSSR count). The van der Waals surface area contributed by atoms with Gasteiger partial charge in [0, 0.05) is 55.1 Å². The van der Waals surface area contributed by atoms with Crippen molar-refractivity contribution in [3.8, 4) is 5.88 Å². The summed E-state index contributed by atoms with van der Waals surface area (Å²) in [6.07, 6.45) is 13.0. The third-order valence-corrected chi connectivity index (χ3v) is 17.5. The maximum absolute atomic E-state index is 14.6. The topological polar surface area (TPSA) is 196 Å². The Hall–Kier alpha value is -6.01. The van der Waals surface area contributed by atoms with Gasteiger partial charge in [-0.2, -0.15) is 4.98 Å². The number of fused-ring (bicyclic) bond motifs is 3. The lowest BCUT2D eigenvalue weighted by Crippen LogP contribution is -2.55. The SMILES string of the molecule is C=Cc1ccccc1[C@@H]1CCCN1C1CC2(CCN(c3ccc(C(=O)NS(=O)(=O)c4ccc(NCC5CCC(C)(O)CC5)c([N+](=O)[O-])c4)c(N4c5cc6cc[nH]c6nc5O[C@H]5COC[C@@H]54)c3)CC2)C1. The number of aromatic nitrogens is 2. The number of pyridine rings is 1. The fraction of sp³-hybridized carbons (Fsp3) is 0.462. The molecule has 0 unspecified atom stereocenters. The van der Waals surface area contributed by atoms with Crippen LogP contribution in [0.3, 0.4) is 0 Å². The van der Waals surface area contributed by atoms with Crippen LogP contribution in [0.25, 0.3) is 17.1 Å². The Kier molecular flexibility index (Phi) is 11.7. The lowest BCUT2D eigenvalue weighted by atomic mass is 9.59. The number of hydrogen-bond donors (Lipinski definition) is 4. The van der Waals surface area contributed by atoms with Gasteiger partial charge >= 0.3 is 0 Å². The van der Waals surface area contributed by atoms with Crippen molar-refractivity contribution in [2.75, 3.05) is 54.5 Å². The number of hydrogen-bond acceptors (Lipinski definition) is 13. The lowest BCUT2D eigenvalue weighted by Gasteiger charge is -2.56. The quantitative estimate of drug-likeness (QED) is 0.0688. The summed E-state index contributed by atoms with van der Waals surface area (Å²) in [5, 5.41) is 26.7. The van der Waals surface area contributed by atoms with Crippen molar-refractivity contribution in [2.24, 2.45) is 11.3 Å². The number of aliphatic hydroxyl groups is 1. The van der Waals surface area contributed by atoms with E-state index in [9.17, 15) is 28.4 Å². The van der Waals surface area contributed by atoms with Crippen molar-refractivity contribution < 1.29 is 32.7 Å². The number of nitrogens with one attached hydrogen (secondary N) is 3. The third-order valence-electron chi connectivity index (χ3n) is 16.2. The minimum Gasteiger partial charge on any atom is -0.468 e. The molecular formula is C52H60N8O8S. The second-order valence-corrected chi connectivity index (χ2v) is 22.2. The Morgan fingerprint density at radius 3 is 2.58 bits per heavy atom. The summed E-state index contributed by atoms with van der Waals surface area (Å²) >= 11 is 0. The molecule has 6 heterocycles. The van der Waals surface area contributed by atoms with Crippen LogP contribution in [0.1, 0.15) is 98.7 Å². The van der Waals surface area contributed by atoms with Gasteiger partial charge in [-0.25, -0.2) is 13.1 Å². The highest BCUT2D eigenvalue weighted by atomic mass is 32.2. The van der Waals surface area contributed by atoms with Crippen molar-refractivity contribution in [1.82, 2.24) is 19.6 Å². The molecule has 5 fully saturated rings. The van der Waals surface area contributed by atoms with Gasteiger partial charge < -0.3 is 34.7 Å². The van der Waals surface area contributed by atoms with Gasteiger partial charge in [0.2, 0.25) is 5.88 Å². The number of ether oxygens (including phenoxy) is 2. The fourth-order valence-corrected chi connectivity index (χ4v) is 13.2. The van der Waals surface area contributed by atoms with Gasteiger partial charge in [0.1, 0.15) is 23.1 Å². The maximum atomic E-state index is 14.6. The van der Waals surface area contributed by atoms with E-state index in [0.717, 1.165) is 62.5 Å². The van der Waals surface area contributed by atoms with E-state index in [4.69, 9.17) is 14.5 Å². The molecule has 3 saturated heterocycles. The van der Waals surface area contributed by atoms with E-state index in [0.29, 0.717) is 67.6 Å². The van der Waals surface area contributed by atoms with Crippen molar-refractivity contribution in [1.29, 1.82) is 0 Å². The number of piperidine rings is 1. The van der Waals surface area contributed by atoms with Crippen LogP contribution in [0.2, 0.25) is 0 Å². The molecule has 2 saturated carbocycles. The van der Waals surface area contributed by atoms with E-state index in [1.54, 1.807) is 12.3 Å². The highest BCUT2D eigenvalue weighted by Crippen LogP contribution is 2.54. The number of amides is 1. The van der Waals surface area contributed by atoms with Crippen LogP contribution in [0.15, 0.2) is 90.5 Å². The minimum absolute atomic E-state index is 0.0998. The average molecular weight is 957 g/mol. The van der Waals surface area contributed by atoms with Gasteiger partial charge in [0.15, 0.2) is 0 Å². The summed E-state index contributed by atoms with van der Waals surface area (Å²) in [7, 11) is -4.61. The molecule has 3 aromatic carbocycles. The van der Waals surface area contributed by atoms with Crippen LogP contribution < -0.4 is 24.6 Å². The van der Waals surface area contributed by atoms with Crippen LogP contribution in [0, 0.1) is 21.4 Å². The average Bonchev–Trinajstić information content (AvgIpc) is 4.13. The van der Waals surface area contributed by atoms with Crippen LogP contribution in [0.5, 0.6) is 5.88 Å². The summed E-state index contributed by atoms with van der Waals surface area (Å²) in [4.78, 5) is 41.0. The van der Waals surface area contributed by atoms with Gasteiger partial charge in [0.25, 0.3) is 21.6 Å². The van der Waals surface area contributed by atoms with Crippen LogP contribution in [-0.2, 0) is 14.8 Å². The molecule has 3 atom stereocenters. The van der Waals surface area contributed by atoms with E-state index < -0.39 is 43.1 Å². The van der Waals surface area contributed by atoms with Crippen LogP contribution >= 0.6 is 0 Å². The number of anilines is 4.